The summed E-state index contributed by atoms with van der Waals surface area (Å²) in [6.45, 7) is 2.07. The van der Waals surface area contributed by atoms with Crippen LogP contribution >= 0.6 is 0 Å². The molecule has 168 valence electrons. The number of fused-ring (bicyclic) bond motifs is 1. The molecular formula is C28H30F3N. The first-order valence-electron chi connectivity index (χ1n) is 11.8. The Morgan fingerprint density at radius 3 is 2.34 bits per heavy atom. The van der Waals surface area contributed by atoms with Gasteiger partial charge in [-0.15, -0.1) is 0 Å². The minimum Gasteiger partial charge on any atom is -0.206 e. The Kier molecular flexibility index (Phi) is 7.04. The van der Waals surface area contributed by atoms with Gasteiger partial charge in [-0.2, -0.15) is 5.26 Å². The van der Waals surface area contributed by atoms with E-state index < -0.39 is 17.5 Å². The van der Waals surface area contributed by atoms with Crippen molar-refractivity contribution in [1.29, 1.82) is 5.26 Å². The minimum atomic E-state index is -0.771. The van der Waals surface area contributed by atoms with E-state index in [9.17, 15) is 13.2 Å². The number of allylic oxidation sites excluding steroid dienone is 2. The highest BCUT2D eigenvalue weighted by Gasteiger charge is 2.36. The summed E-state index contributed by atoms with van der Waals surface area (Å²) in [5.74, 6) is 0.263. The number of rotatable bonds is 5. The largest absolute Gasteiger partial charge is 0.206 e. The molecule has 0 bridgehead atoms. The summed E-state index contributed by atoms with van der Waals surface area (Å²) in [6, 6.07) is 8.27. The van der Waals surface area contributed by atoms with E-state index in [2.05, 4.69) is 19.1 Å². The molecule has 0 aliphatic heterocycles. The van der Waals surface area contributed by atoms with E-state index in [-0.39, 0.29) is 22.6 Å². The predicted molar refractivity (Wildman–Crippen MR) is 121 cm³/mol. The summed E-state index contributed by atoms with van der Waals surface area (Å²) in [4.78, 5) is 0. The van der Waals surface area contributed by atoms with Crippen LogP contribution in [0.15, 0.2) is 42.5 Å². The molecule has 4 atom stereocenters. The highest BCUT2D eigenvalue weighted by atomic mass is 19.1. The second kappa shape index (κ2) is 9.94. The first kappa shape index (κ1) is 22.6. The van der Waals surface area contributed by atoms with E-state index in [4.69, 9.17) is 5.26 Å². The van der Waals surface area contributed by atoms with E-state index >= 15 is 0 Å². The van der Waals surface area contributed by atoms with Crippen molar-refractivity contribution in [1.82, 2.24) is 0 Å². The van der Waals surface area contributed by atoms with Gasteiger partial charge in [-0.3, -0.25) is 0 Å². The minimum absolute atomic E-state index is 0.114. The zero-order valence-corrected chi connectivity index (χ0v) is 18.6. The summed E-state index contributed by atoms with van der Waals surface area (Å²) in [6.07, 6.45) is 13.7. The highest BCUT2D eigenvalue weighted by molar-refractivity contribution is 5.66. The lowest BCUT2D eigenvalue weighted by Crippen LogP contribution is -2.30. The van der Waals surface area contributed by atoms with Gasteiger partial charge in [0.15, 0.2) is 0 Å². The molecular weight excluding hydrogens is 407 g/mol. The third-order valence-electron chi connectivity index (χ3n) is 7.61. The van der Waals surface area contributed by atoms with Crippen LogP contribution < -0.4 is 0 Å². The monoisotopic (exact) mass is 437 g/mol. The third kappa shape index (κ3) is 4.77. The molecule has 0 radical (unpaired) electrons. The van der Waals surface area contributed by atoms with Gasteiger partial charge in [0, 0.05) is 0 Å². The molecule has 32 heavy (non-hydrogen) atoms. The Bertz CT molecular complexity index is 1010. The SMILES string of the molecule is C/C=C/CCC1CCC2CC(c3cc(F)c(-c4ccc(C#N)c(F)c4)c(F)c3)CCC2C1. The van der Waals surface area contributed by atoms with Crippen molar-refractivity contribution in [3.63, 3.8) is 0 Å². The van der Waals surface area contributed by atoms with Gasteiger partial charge in [-0.25, -0.2) is 13.2 Å². The Balaban J connectivity index is 1.47. The second-order valence-electron chi connectivity index (χ2n) is 9.52. The molecule has 0 aromatic heterocycles. The fourth-order valence-corrected chi connectivity index (χ4v) is 5.92. The van der Waals surface area contributed by atoms with Crippen molar-refractivity contribution in [3.8, 4) is 17.2 Å². The van der Waals surface area contributed by atoms with Crippen LogP contribution in [0.5, 0.6) is 0 Å². The lowest BCUT2D eigenvalue weighted by Gasteiger charge is -2.42. The van der Waals surface area contributed by atoms with Crippen LogP contribution in [-0.2, 0) is 0 Å². The molecule has 2 aromatic carbocycles. The van der Waals surface area contributed by atoms with Crippen LogP contribution in [0.25, 0.3) is 11.1 Å². The fourth-order valence-electron chi connectivity index (χ4n) is 5.92. The first-order chi connectivity index (χ1) is 15.5. The Morgan fingerprint density at radius 2 is 1.66 bits per heavy atom. The van der Waals surface area contributed by atoms with Crippen LogP contribution in [0.4, 0.5) is 13.2 Å². The van der Waals surface area contributed by atoms with E-state index in [0.717, 1.165) is 43.6 Å². The van der Waals surface area contributed by atoms with Crippen molar-refractivity contribution in [2.45, 2.75) is 64.2 Å². The van der Waals surface area contributed by atoms with Crippen molar-refractivity contribution in [2.24, 2.45) is 17.8 Å². The highest BCUT2D eigenvalue weighted by Crippen LogP contribution is 2.48. The molecule has 2 saturated carbocycles. The van der Waals surface area contributed by atoms with Gasteiger partial charge in [0.05, 0.1) is 11.1 Å². The average molecular weight is 438 g/mol. The molecule has 2 aliphatic carbocycles. The third-order valence-corrected chi connectivity index (χ3v) is 7.61. The Hall–Kier alpha value is -2.54. The van der Waals surface area contributed by atoms with Gasteiger partial charge in [-0.1, -0.05) is 24.6 Å². The number of benzene rings is 2. The maximum Gasteiger partial charge on any atom is 0.141 e. The molecule has 4 unspecified atom stereocenters. The molecule has 0 amide bonds. The van der Waals surface area contributed by atoms with Gasteiger partial charge in [0.2, 0.25) is 0 Å². The molecule has 0 saturated heterocycles. The molecule has 4 heteroatoms. The van der Waals surface area contributed by atoms with Crippen molar-refractivity contribution < 1.29 is 13.2 Å². The average Bonchev–Trinajstić information content (AvgIpc) is 2.78. The maximum atomic E-state index is 15.0. The predicted octanol–water partition coefficient (Wildman–Crippen LogP) is 8.30. The summed E-state index contributed by atoms with van der Waals surface area (Å²) >= 11 is 0. The molecule has 0 N–H and O–H groups in total. The van der Waals surface area contributed by atoms with Gasteiger partial charge >= 0.3 is 0 Å². The number of hydrogen-bond donors (Lipinski definition) is 0. The smallest absolute Gasteiger partial charge is 0.141 e. The number of nitrogens with zero attached hydrogens (tertiary/aromatic N) is 1. The topological polar surface area (TPSA) is 23.8 Å². The molecule has 2 aliphatic rings. The van der Waals surface area contributed by atoms with Crippen LogP contribution in [0.1, 0.15) is 75.3 Å². The summed E-state index contributed by atoms with van der Waals surface area (Å²) in [5.41, 5.74) is 0.460. The van der Waals surface area contributed by atoms with Gasteiger partial charge in [0.1, 0.15) is 23.5 Å². The molecule has 0 heterocycles. The van der Waals surface area contributed by atoms with Crippen molar-refractivity contribution >= 4 is 0 Å². The normalized spacial score (nSPS) is 25.5. The first-order valence-corrected chi connectivity index (χ1v) is 11.8. The molecule has 2 fully saturated rings. The summed E-state index contributed by atoms with van der Waals surface area (Å²) in [7, 11) is 0. The maximum absolute atomic E-state index is 15.0. The Morgan fingerprint density at radius 1 is 0.938 bits per heavy atom. The van der Waals surface area contributed by atoms with E-state index in [1.165, 1.54) is 49.9 Å². The van der Waals surface area contributed by atoms with Crippen LogP contribution in [-0.4, -0.2) is 0 Å². The zero-order chi connectivity index (χ0) is 22.7. The lowest BCUT2D eigenvalue weighted by atomic mass is 9.63. The fraction of sp³-hybridized carbons (Fsp3) is 0.464. The quantitative estimate of drug-likeness (QED) is 0.432. The summed E-state index contributed by atoms with van der Waals surface area (Å²) < 4.78 is 43.9. The van der Waals surface area contributed by atoms with Crippen LogP contribution in [0, 0.1) is 46.5 Å². The van der Waals surface area contributed by atoms with Crippen molar-refractivity contribution in [3.05, 3.63) is 71.1 Å². The summed E-state index contributed by atoms with van der Waals surface area (Å²) in [5, 5.41) is 8.87. The zero-order valence-electron chi connectivity index (χ0n) is 18.6. The standard InChI is InChI=1S/C28H30F3N/c1-2-3-4-5-18-6-7-20-13-21(9-8-19(20)12-18)24-15-26(30)28(27(31)16-24)22-10-11-23(17-32)25(29)14-22/h2-3,10-11,14-16,18-21H,4-9,12-13H2,1H3/b3-2+. The Labute approximate surface area is 189 Å². The van der Waals surface area contributed by atoms with Crippen LogP contribution in [0.2, 0.25) is 0 Å². The van der Waals surface area contributed by atoms with Gasteiger partial charge < -0.3 is 0 Å². The van der Waals surface area contributed by atoms with Crippen molar-refractivity contribution in [2.75, 3.05) is 0 Å². The number of hydrogen-bond acceptors (Lipinski definition) is 1. The van der Waals surface area contributed by atoms with Gasteiger partial charge in [-0.05, 0) is 111 Å². The van der Waals surface area contributed by atoms with Gasteiger partial charge in [0.25, 0.3) is 0 Å². The van der Waals surface area contributed by atoms with E-state index in [1.54, 1.807) is 6.07 Å². The molecule has 2 aromatic rings. The molecule has 0 spiro atoms. The number of nitriles is 1. The molecule has 4 rings (SSSR count). The van der Waals surface area contributed by atoms with Crippen LogP contribution in [0.3, 0.4) is 0 Å². The second-order valence-corrected chi connectivity index (χ2v) is 9.52. The van der Waals surface area contributed by atoms with E-state index in [1.807, 2.05) is 0 Å². The lowest BCUT2D eigenvalue weighted by molar-refractivity contribution is 0.115. The number of halogens is 3. The molecule has 1 nitrogen and oxygen atoms in total. The van der Waals surface area contributed by atoms with E-state index in [0.29, 0.717) is 11.5 Å².